The predicted molar refractivity (Wildman–Crippen MR) is 55.7 cm³/mol. The molecular weight excluding hydrogens is 164 g/mol. The van der Waals surface area contributed by atoms with Crippen molar-refractivity contribution < 1.29 is 4.79 Å². The molecule has 0 atom stereocenters. The second-order valence-corrected chi connectivity index (χ2v) is 3.27. The summed E-state index contributed by atoms with van der Waals surface area (Å²) < 4.78 is 0. The highest BCUT2D eigenvalue weighted by Gasteiger charge is 2.06. The second-order valence-electron chi connectivity index (χ2n) is 3.27. The van der Waals surface area contributed by atoms with Crippen LogP contribution in [0.1, 0.15) is 33.1 Å². The Morgan fingerprint density at radius 1 is 1.38 bits per heavy atom. The van der Waals surface area contributed by atoms with Gasteiger partial charge in [0, 0.05) is 26.6 Å². The normalized spacial score (nSPS) is 10.1. The summed E-state index contributed by atoms with van der Waals surface area (Å²) in [6.45, 7) is 6.81. The van der Waals surface area contributed by atoms with Crippen molar-refractivity contribution in [3.05, 3.63) is 0 Å². The van der Waals surface area contributed by atoms with Crippen molar-refractivity contribution in [2.45, 2.75) is 33.1 Å². The maximum atomic E-state index is 11.4. The Labute approximate surface area is 81.5 Å². The molecule has 0 aliphatic rings. The molecule has 0 radical (unpaired) electrons. The molecule has 0 saturated carbocycles. The Kier molecular flexibility index (Phi) is 7.69. The van der Waals surface area contributed by atoms with Gasteiger partial charge in [-0.2, -0.15) is 0 Å². The highest BCUT2D eigenvalue weighted by atomic mass is 16.2. The Morgan fingerprint density at radius 3 is 2.62 bits per heavy atom. The molecule has 13 heavy (non-hydrogen) atoms. The van der Waals surface area contributed by atoms with E-state index in [0.717, 1.165) is 32.5 Å². The molecule has 0 heterocycles. The van der Waals surface area contributed by atoms with Crippen molar-refractivity contribution in [1.82, 2.24) is 10.2 Å². The second kappa shape index (κ2) is 8.05. The van der Waals surface area contributed by atoms with Crippen LogP contribution in [0, 0.1) is 0 Å². The van der Waals surface area contributed by atoms with Crippen molar-refractivity contribution in [3.8, 4) is 0 Å². The zero-order valence-corrected chi connectivity index (χ0v) is 9.10. The standard InChI is InChI=1S/C10H22N2O/c1-4-6-9-12(3)10(13)7-8-11-5-2/h11H,4-9H2,1-3H3. The fourth-order valence-electron chi connectivity index (χ4n) is 1.08. The average Bonchev–Trinajstić information content (AvgIpc) is 2.14. The summed E-state index contributed by atoms with van der Waals surface area (Å²) in [5.41, 5.74) is 0. The third-order valence-corrected chi connectivity index (χ3v) is 2.04. The summed E-state index contributed by atoms with van der Waals surface area (Å²) in [6.07, 6.45) is 2.86. The van der Waals surface area contributed by atoms with Crippen LogP contribution >= 0.6 is 0 Å². The first kappa shape index (κ1) is 12.4. The maximum absolute atomic E-state index is 11.4. The lowest BCUT2D eigenvalue weighted by Crippen LogP contribution is -2.30. The molecule has 0 aromatic rings. The summed E-state index contributed by atoms with van der Waals surface area (Å²) in [4.78, 5) is 13.2. The van der Waals surface area contributed by atoms with Gasteiger partial charge in [-0.1, -0.05) is 20.3 Å². The third-order valence-electron chi connectivity index (χ3n) is 2.04. The fraction of sp³-hybridized carbons (Fsp3) is 0.900. The van der Waals surface area contributed by atoms with E-state index >= 15 is 0 Å². The molecule has 0 rings (SSSR count). The number of carbonyl (C=O) groups excluding carboxylic acids is 1. The fourth-order valence-corrected chi connectivity index (χ4v) is 1.08. The lowest BCUT2D eigenvalue weighted by Gasteiger charge is -2.16. The first-order chi connectivity index (χ1) is 6.22. The molecule has 0 aromatic carbocycles. The van der Waals surface area contributed by atoms with E-state index < -0.39 is 0 Å². The van der Waals surface area contributed by atoms with Crippen LogP contribution in [0.25, 0.3) is 0 Å². The molecule has 1 amide bonds. The minimum atomic E-state index is 0.245. The van der Waals surface area contributed by atoms with Crippen molar-refractivity contribution in [2.24, 2.45) is 0 Å². The van der Waals surface area contributed by atoms with Gasteiger partial charge < -0.3 is 10.2 Å². The van der Waals surface area contributed by atoms with Crippen molar-refractivity contribution >= 4 is 5.91 Å². The summed E-state index contributed by atoms with van der Waals surface area (Å²) in [6, 6.07) is 0. The highest BCUT2D eigenvalue weighted by Crippen LogP contribution is 1.94. The van der Waals surface area contributed by atoms with Gasteiger partial charge in [-0.15, -0.1) is 0 Å². The van der Waals surface area contributed by atoms with E-state index in [-0.39, 0.29) is 5.91 Å². The summed E-state index contributed by atoms with van der Waals surface area (Å²) in [5, 5.41) is 3.14. The monoisotopic (exact) mass is 186 g/mol. The third kappa shape index (κ3) is 6.58. The van der Waals surface area contributed by atoms with Crippen molar-refractivity contribution in [1.29, 1.82) is 0 Å². The van der Waals surface area contributed by atoms with E-state index in [2.05, 4.69) is 12.2 Å². The molecule has 1 N–H and O–H groups in total. The van der Waals surface area contributed by atoms with Crippen LogP contribution < -0.4 is 5.32 Å². The number of carbonyl (C=O) groups is 1. The van der Waals surface area contributed by atoms with Crippen molar-refractivity contribution in [3.63, 3.8) is 0 Å². The van der Waals surface area contributed by atoms with Gasteiger partial charge in [-0.25, -0.2) is 0 Å². The van der Waals surface area contributed by atoms with E-state index in [1.807, 2.05) is 18.9 Å². The predicted octanol–water partition coefficient (Wildman–Crippen LogP) is 1.24. The summed E-state index contributed by atoms with van der Waals surface area (Å²) in [7, 11) is 1.88. The highest BCUT2D eigenvalue weighted by molar-refractivity contribution is 5.75. The van der Waals surface area contributed by atoms with Gasteiger partial charge in [0.05, 0.1) is 0 Å². The first-order valence-electron chi connectivity index (χ1n) is 5.17. The number of rotatable bonds is 7. The topological polar surface area (TPSA) is 32.3 Å². The maximum Gasteiger partial charge on any atom is 0.223 e. The molecule has 0 aliphatic carbocycles. The van der Waals surface area contributed by atoms with Crippen LogP contribution in [-0.2, 0) is 4.79 Å². The molecule has 78 valence electrons. The molecule has 0 bridgehead atoms. The van der Waals surface area contributed by atoms with Gasteiger partial charge in [0.25, 0.3) is 0 Å². The van der Waals surface area contributed by atoms with Crippen molar-refractivity contribution in [2.75, 3.05) is 26.7 Å². The Morgan fingerprint density at radius 2 is 2.08 bits per heavy atom. The van der Waals surface area contributed by atoms with Crippen LogP contribution in [0.15, 0.2) is 0 Å². The number of nitrogens with one attached hydrogen (secondary N) is 1. The van der Waals surface area contributed by atoms with Gasteiger partial charge in [0.1, 0.15) is 0 Å². The van der Waals surface area contributed by atoms with Gasteiger partial charge in [0.2, 0.25) is 5.91 Å². The molecule has 0 fully saturated rings. The molecule has 0 aromatic heterocycles. The number of nitrogens with zero attached hydrogens (tertiary/aromatic N) is 1. The first-order valence-corrected chi connectivity index (χ1v) is 5.17. The van der Waals surface area contributed by atoms with E-state index in [1.54, 1.807) is 0 Å². The SMILES string of the molecule is CCCCN(C)C(=O)CCNCC. The molecule has 0 unspecified atom stereocenters. The molecular formula is C10H22N2O. The van der Waals surface area contributed by atoms with Gasteiger partial charge in [-0.05, 0) is 13.0 Å². The van der Waals surface area contributed by atoms with Gasteiger partial charge in [0.15, 0.2) is 0 Å². The van der Waals surface area contributed by atoms with Gasteiger partial charge in [-0.3, -0.25) is 4.79 Å². The molecule has 0 aliphatic heterocycles. The van der Waals surface area contributed by atoms with E-state index in [1.165, 1.54) is 0 Å². The Bertz CT molecular complexity index is 137. The van der Waals surface area contributed by atoms with Crippen LogP contribution in [0.4, 0.5) is 0 Å². The van der Waals surface area contributed by atoms with Crippen LogP contribution in [0.2, 0.25) is 0 Å². The molecule has 3 nitrogen and oxygen atoms in total. The van der Waals surface area contributed by atoms with E-state index in [0.29, 0.717) is 6.42 Å². The number of unbranched alkanes of at least 4 members (excludes halogenated alkanes) is 1. The molecule has 3 heteroatoms. The Hall–Kier alpha value is -0.570. The minimum Gasteiger partial charge on any atom is -0.346 e. The average molecular weight is 186 g/mol. The zero-order chi connectivity index (χ0) is 10.1. The number of amides is 1. The minimum absolute atomic E-state index is 0.245. The quantitative estimate of drug-likeness (QED) is 0.607. The number of hydrogen-bond acceptors (Lipinski definition) is 2. The molecule has 0 saturated heterocycles. The largest absolute Gasteiger partial charge is 0.346 e. The van der Waals surface area contributed by atoms with Gasteiger partial charge >= 0.3 is 0 Å². The number of hydrogen-bond donors (Lipinski definition) is 1. The van der Waals surface area contributed by atoms with Crippen LogP contribution in [0.3, 0.4) is 0 Å². The van der Waals surface area contributed by atoms with Crippen LogP contribution in [-0.4, -0.2) is 37.5 Å². The molecule has 0 spiro atoms. The zero-order valence-electron chi connectivity index (χ0n) is 9.10. The lowest BCUT2D eigenvalue weighted by atomic mass is 10.3. The van der Waals surface area contributed by atoms with E-state index in [9.17, 15) is 4.79 Å². The summed E-state index contributed by atoms with van der Waals surface area (Å²) in [5.74, 6) is 0.245. The van der Waals surface area contributed by atoms with E-state index in [4.69, 9.17) is 0 Å². The van der Waals surface area contributed by atoms with Crippen LogP contribution in [0.5, 0.6) is 0 Å². The smallest absolute Gasteiger partial charge is 0.223 e. The summed E-state index contributed by atoms with van der Waals surface area (Å²) >= 11 is 0. The Balaban J connectivity index is 3.45. The lowest BCUT2D eigenvalue weighted by molar-refractivity contribution is -0.129.